The van der Waals surface area contributed by atoms with Gasteiger partial charge >= 0.3 is 5.97 Å². The monoisotopic (exact) mass is 290 g/mol. The van der Waals surface area contributed by atoms with E-state index >= 15 is 0 Å². The number of hydrogen-bond acceptors (Lipinski definition) is 5. The van der Waals surface area contributed by atoms with Crippen LogP contribution in [0, 0.1) is 6.92 Å². The molecule has 0 saturated heterocycles. The van der Waals surface area contributed by atoms with E-state index in [1.54, 1.807) is 19.1 Å². The van der Waals surface area contributed by atoms with Crippen LogP contribution in [0.5, 0.6) is 5.75 Å². The second-order valence-electron chi connectivity index (χ2n) is 4.57. The number of benzene rings is 1. The van der Waals surface area contributed by atoms with E-state index in [9.17, 15) is 19.8 Å². The van der Waals surface area contributed by atoms with Crippen molar-refractivity contribution in [2.75, 3.05) is 0 Å². The van der Waals surface area contributed by atoms with Gasteiger partial charge in [-0.15, -0.1) is 0 Å². The second-order valence-corrected chi connectivity index (χ2v) is 4.57. The number of nitrogens with zero attached hydrogens (tertiary/aromatic N) is 1. The Kier molecular flexibility index (Phi) is 4.22. The number of aliphatic carboxylic acids is 1. The molecule has 1 heterocycles. The number of rotatable bonds is 5. The third kappa shape index (κ3) is 3.82. The zero-order valence-electron chi connectivity index (χ0n) is 11.2. The van der Waals surface area contributed by atoms with Crippen molar-refractivity contribution in [2.45, 2.75) is 19.4 Å². The summed E-state index contributed by atoms with van der Waals surface area (Å²) in [5, 5.41) is 24.3. The zero-order valence-corrected chi connectivity index (χ0v) is 11.2. The topological polar surface area (TPSA) is 113 Å². The normalized spacial score (nSPS) is 11.9. The fourth-order valence-electron chi connectivity index (χ4n) is 1.77. The Morgan fingerprint density at radius 3 is 2.52 bits per heavy atom. The van der Waals surface area contributed by atoms with Gasteiger partial charge in [-0.2, -0.15) is 0 Å². The number of aryl methyl sites for hydroxylation is 1. The molecule has 0 spiro atoms. The Morgan fingerprint density at radius 1 is 1.33 bits per heavy atom. The summed E-state index contributed by atoms with van der Waals surface area (Å²) in [6, 6.07) is 6.42. The smallest absolute Gasteiger partial charge is 0.326 e. The van der Waals surface area contributed by atoms with Crippen LogP contribution in [-0.4, -0.2) is 33.3 Å². The lowest BCUT2D eigenvalue weighted by molar-refractivity contribution is -0.139. The van der Waals surface area contributed by atoms with E-state index in [4.69, 9.17) is 4.52 Å². The summed E-state index contributed by atoms with van der Waals surface area (Å²) in [4.78, 5) is 23.1. The summed E-state index contributed by atoms with van der Waals surface area (Å²) >= 11 is 0. The van der Waals surface area contributed by atoms with Gasteiger partial charge in [0.1, 0.15) is 11.8 Å². The number of carboxylic acid groups (broad SMARTS) is 1. The first-order valence-corrected chi connectivity index (χ1v) is 6.20. The van der Waals surface area contributed by atoms with Crippen molar-refractivity contribution in [1.82, 2.24) is 10.5 Å². The molecular formula is C14H14N2O5. The fourth-order valence-corrected chi connectivity index (χ4v) is 1.77. The van der Waals surface area contributed by atoms with Crippen molar-refractivity contribution < 1.29 is 24.3 Å². The van der Waals surface area contributed by atoms with Crippen molar-refractivity contribution in [3.63, 3.8) is 0 Å². The highest BCUT2D eigenvalue weighted by Gasteiger charge is 2.23. The van der Waals surface area contributed by atoms with Crippen LogP contribution in [0.15, 0.2) is 34.9 Å². The number of carbonyl (C=O) groups is 2. The van der Waals surface area contributed by atoms with Gasteiger partial charge in [0.25, 0.3) is 5.91 Å². The van der Waals surface area contributed by atoms with Gasteiger partial charge in [-0.1, -0.05) is 17.3 Å². The van der Waals surface area contributed by atoms with Crippen molar-refractivity contribution in [3.8, 4) is 5.75 Å². The highest BCUT2D eigenvalue weighted by Crippen LogP contribution is 2.12. The van der Waals surface area contributed by atoms with Crippen molar-refractivity contribution >= 4 is 11.9 Å². The first kappa shape index (κ1) is 14.6. The number of phenolic OH excluding ortho intramolecular Hbond substituents is 1. The van der Waals surface area contributed by atoms with Crippen LogP contribution in [0.25, 0.3) is 0 Å². The molecule has 2 rings (SSSR count). The minimum Gasteiger partial charge on any atom is -0.508 e. The van der Waals surface area contributed by atoms with Gasteiger partial charge in [-0.05, 0) is 24.6 Å². The molecule has 0 aliphatic rings. The van der Waals surface area contributed by atoms with E-state index in [0.29, 0.717) is 11.3 Å². The van der Waals surface area contributed by atoms with Gasteiger partial charge in [0.2, 0.25) is 5.76 Å². The Bertz CT molecular complexity index is 648. The third-order valence-electron chi connectivity index (χ3n) is 2.83. The minimum absolute atomic E-state index is 0.0375. The maximum absolute atomic E-state index is 11.9. The molecule has 0 radical (unpaired) electrons. The van der Waals surface area contributed by atoms with E-state index in [1.165, 1.54) is 18.2 Å². The first-order chi connectivity index (χ1) is 9.95. The summed E-state index contributed by atoms with van der Waals surface area (Å²) in [7, 11) is 0. The Morgan fingerprint density at radius 2 is 2.00 bits per heavy atom. The number of hydrogen-bond donors (Lipinski definition) is 3. The first-order valence-electron chi connectivity index (χ1n) is 6.20. The van der Waals surface area contributed by atoms with Crippen molar-refractivity contribution in [1.29, 1.82) is 0 Å². The number of amides is 1. The molecule has 110 valence electrons. The lowest BCUT2D eigenvalue weighted by Gasteiger charge is -2.13. The van der Waals surface area contributed by atoms with E-state index in [0.717, 1.165) is 0 Å². The highest BCUT2D eigenvalue weighted by molar-refractivity contribution is 5.94. The molecule has 7 nitrogen and oxygen atoms in total. The van der Waals surface area contributed by atoms with E-state index in [1.807, 2.05) is 0 Å². The Hall–Kier alpha value is -2.83. The van der Waals surface area contributed by atoms with Crippen LogP contribution in [0.2, 0.25) is 0 Å². The van der Waals surface area contributed by atoms with E-state index < -0.39 is 17.9 Å². The van der Waals surface area contributed by atoms with Gasteiger partial charge < -0.3 is 20.1 Å². The SMILES string of the molecule is Cc1cc(C(=O)N[C@H](Cc2ccc(O)cc2)C(=O)O)on1. The molecule has 0 unspecified atom stereocenters. The molecule has 1 aromatic heterocycles. The molecule has 2 aromatic rings. The molecule has 7 heteroatoms. The van der Waals surface area contributed by atoms with Crippen molar-refractivity contribution in [3.05, 3.63) is 47.3 Å². The minimum atomic E-state index is -1.16. The molecule has 0 fully saturated rings. The summed E-state index contributed by atoms with van der Waals surface area (Å²) in [5.41, 5.74) is 1.21. The van der Waals surface area contributed by atoms with Gasteiger partial charge in [0.05, 0.1) is 5.69 Å². The lowest BCUT2D eigenvalue weighted by Crippen LogP contribution is -2.42. The lowest BCUT2D eigenvalue weighted by atomic mass is 10.1. The molecule has 0 bridgehead atoms. The van der Waals surface area contributed by atoms with Crippen LogP contribution in [-0.2, 0) is 11.2 Å². The predicted molar refractivity (Wildman–Crippen MR) is 71.9 cm³/mol. The number of nitrogens with one attached hydrogen (secondary N) is 1. The highest BCUT2D eigenvalue weighted by atomic mass is 16.5. The van der Waals surface area contributed by atoms with Crippen LogP contribution < -0.4 is 5.32 Å². The summed E-state index contributed by atoms with van der Waals surface area (Å²) < 4.78 is 4.78. The van der Waals surface area contributed by atoms with Crippen LogP contribution in [0.4, 0.5) is 0 Å². The van der Waals surface area contributed by atoms with Crippen molar-refractivity contribution in [2.24, 2.45) is 0 Å². The summed E-state index contributed by atoms with van der Waals surface area (Å²) in [6.07, 6.45) is 0.0917. The fraction of sp³-hybridized carbons (Fsp3) is 0.214. The molecule has 1 atom stereocenters. The number of carbonyl (C=O) groups excluding carboxylic acids is 1. The standard InChI is InChI=1S/C14H14N2O5/c1-8-6-12(21-16-8)13(18)15-11(14(19)20)7-9-2-4-10(17)5-3-9/h2-6,11,17H,7H2,1H3,(H,15,18)(H,19,20)/t11-/m1/s1. The average Bonchev–Trinajstić information content (AvgIpc) is 2.87. The average molecular weight is 290 g/mol. The van der Waals surface area contributed by atoms with Crippen LogP contribution in [0.3, 0.4) is 0 Å². The molecule has 0 aliphatic carbocycles. The number of aromatic hydroxyl groups is 1. The molecular weight excluding hydrogens is 276 g/mol. The molecule has 3 N–H and O–H groups in total. The largest absolute Gasteiger partial charge is 0.508 e. The maximum Gasteiger partial charge on any atom is 0.326 e. The molecule has 0 aliphatic heterocycles. The molecule has 1 aromatic carbocycles. The number of phenols is 1. The molecule has 1 amide bonds. The van der Waals surface area contributed by atoms with E-state index in [2.05, 4.69) is 10.5 Å². The van der Waals surface area contributed by atoms with Crippen LogP contribution in [0.1, 0.15) is 21.8 Å². The van der Waals surface area contributed by atoms with E-state index in [-0.39, 0.29) is 17.9 Å². The third-order valence-corrected chi connectivity index (χ3v) is 2.83. The van der Waals surface area contributed by atoms with Gasteiger partial charge in [0.15, 0.2) is 0 Å². The van der Waals surface area contributed by atoms with Gasteiger partial charge in [0, 0.05) is 12.5 Å². The maximum atomic E-state index is 11.9. The molecule has 0 saturated carbocycles. The second kappa shape index (κ2) is 6.08. The Balaban J connectivity index is 2.07. The van der Waals surface area contributed by atoms with Gasteiger partial charge in [-0.25, -0.2) is 4.79 Å². The number of aromatic nitrogens is 1. The quantitative estimate of drug-likeness (QED) is 0.760. The summed E-state index contributed by atoms with van der Waals surface area (Å²) in [6.45, 7) is 1.66. The predicted octanol–water partition coefficient (Wildman–Crippen LogP) is 1.11. The summed E-state index contributed by atoms with van der Waals surface area (Å²) in [5.74, 6) is -1.74. The van der Waals surface area contributed by atoms with Crippen LogP contribution >= 0.6 is 0 Å². The Labute approximate surface area is 120 Å². The molecule has 21 heavy (non-hydrogen) atoms. The van der Waals surface area contributed by atoms with Gasteiger partial charge in [-0.3, -0.25) is 4.79 Å². The number of carboxylic acids is 1. The zero-order chi connectivity index (χ0) is 15.4.